The molecular weight excluding hydrogens is 468 g/mol. The lowest BCUT2D eigenvalue weighted by atomic mass is 9.87. The van der Waals surface area contributed by atoms with Gasteiger partial charge in [0.2, 0.25) is 0 Å². The number of ether oxygens (including phenoxy) is 2. The van der Waals surface area contributed by atoms with Crippen LogP contribution in [0.3, 0.4) is 0 Å². The van der Waals surface area contributed by atoms with Gasteiger partial charge >= 0.3 is 0 Å². The highest BCUT2D eigenvalue weighted by molar-refractivity contribution is 6.07. The van der Waals surface area contributed by atoms with Crippen molar-refractivity contribution < 1.29 is 9.47 Å². The van der Waals surface area contributed by atoms with Gasteiger partial charge in [-0.05, 0) is 72.2 Å². The molecule has 0 spiro atoms. The van der Waals surface area contributed by atoms with E-state index in [0.717, 1.165) is 56.2 Å². The first-order valence-corrected chi connectivity index (χ1v) is 13.2. The molecule has 0 aliphatic heterocycles. The van der Waals surface area contributed by atoms with Gasteiger partial charge in [0.1, 0.15) is 34.0 Å². The first-order valence-electron chi connectivity index (χ1n) is 13.2. The number of aryl methyl sites for hydroxylation is 2. The minimum Gasteiger partial charge on any atom is -0.457 e. The van der Waals surface area contributed by atoms with Crippen LogP contribution in [0.15, 0.2) is 72.8 Å². The Morgan fingerprint density at radius 1 is 0.500 bits per heavy atom. The van der Waals surface area contributed by atoms with E-state index in [4.69, 9.17) is 19.4 Å². The van der Waals surface area contributed by atoms with Gasteiger partial charge in [-0.1, -0.05) is 65.8 Å². The topological polar surface area (TPSA) is 44.2 Å². The average Bonchev–Trinajstić information content (AvgIpc) is 2.83. The Bertz CT molecular complexity index is 1500. The molecule has 0 unspecified atom stereocenters. The average molecular weight is 505 g/mol. The number of hydrogen-bond acceptors (Lipinski definition) is 4. The molecule has 5 aromatic rings. The Hall–Kier alpha value is -3.92. The van der Waals surface area contributed by atoms with Crippen molar-refractivity contribution >= 4 is 21.8 Å². The molecular formula is C34H36N2O2. The third-order valence-corrected chi connectivity index (χ3v) is 6.83. The Morgan fingerprint density at radius 2 is 0.842 bits per heavy atom. The number of hydrogen-bond donors (Lipinski definition) is 0. The number of nitrogens with zero attached hydrogens (tertiary/aromatic N) is 2. The molecule has 2 aromatic heterocycles. The van der Waals surface area contributed by atoms with Crippen LogP contribution in [0.5, 0.6) is 23.0 Å². The van der Waals surface area contributed by atoms with Crippen molar-refractivity contribution in [1.82, 2.24) is 9.97 Å². The van der Waals surface area contributed by atoms with Crippen LogP contribution < -0.4 is 9.47 Å². The summed E-state index contributed by atoms with van der Waals surface area (Å²) in [7, 11) is 0. The molecule has 5 rings (SSSR count). The summed E-state index contributed by atoms with van der Waals surface area (Å²) in [5.41, 5.74) is 6.08. The fourth-order valence-corrected chi connectivity index (χ4v) is 4.62. The molecule has 2 heterocycles. The van der Waals surface area contributed by atoms with Crippen LogP contribution in [0, 0.1) is 13.8 Å². The van der Waals surface area contributed by atoms with Crippen LogP contribution >= 0.6 is 0 Å². The van der Waals surface area contributed by atoms with E-state index in [0.29, 0.717) is 0 Å². The Labute approximate surface area is 225 Å². The second-order valence-electron chi connectivity index (χ2n) is 12.1. The molecule has 0 atom stereocenters. The summed E-state index contributed by atoms with van der Waals surface area (Å²) >= 11 is 0. The Morgan fingerprint density at radius 3 is 1.16 bits per heavy atom. The van der Waals surface area contributed by atoms with E-state index < -0.39 is 0 Å². The smallest absolute Gasteiger partial charge is 0.138 e. The fraction of sp³-hybridized carbons (Fsp3) is 0.294. The van der Waals surface area contributed by atoms with Crippen LogP contribution in [0.25, 0.3) is 21.8 Å². The first-order chi connectivity index (χ1) is 17.9. The van der Waals surface area contributed by atoms with Gasteiger partial charge in [-0.2, -0.15) is 0 Å². The lowest BCUT2D eigenvalue weighted by Gasteiger charge is -2.19. The second-order valence-corrected chi connectivity index (χ2v) is 12.1. The van der Waals surface area contributed by atoms with E-state index in [2.05, 4.69) is 77.9 Å². The lowest BCUT2D eigenvalue weighted by Crippen LogP contribution is -2.10. The second kappa shape index (κ2) is 9.43. The van der Waals surface area contributed by atoms with Crippen LogP contribution in [0.4, 0.5) is 0 Å². The highest BCUT2D eigenvalue weighted by Gasteiger charge is 2.17. The van der Waals surface area contributed by atoms with Gasteiger partial charge < -0.3 is 9.47 Å². The number of pyridine rings is 2. The molecule has 0 saturated heterocycles. The zero-order chi connectivity index (χ0) is 27.2. The van der Waals surface area contributed by atoms with Gasteiger partial charge in [-0.25, -0.2) is 0 Å². The molecule has 0 radical (unpaired) electrons. The summed E-state index contributed by atoms with van der Waals surface area (Å²) < 4.78 is 12.8. The van der Waals surface area contributed by atoms with Crippen molar-refractivity contribution in [2.45, 2.75) is 66.2 Å². The number of aromatic nitrogens is 2. The molecule has 38 heavy (non-hydrogen) atoms. The minimum atomic E-state index is 0.0926. The summed E-state index contributed by atoms with van der Waals surface area (Å²) in [6, 6.07) is 24.7. The van der Waals surface area contributed by atoms with Crippen LogP contribution in [-0.4, -0.2) is 9.97 Å². The maximum atomic E-state index is 6.38. The normalized spacial score (nSPS) is 12.2. The third kappa shape index (κ3) is 5.22. The zero-order valence-corrected chi connectivity index (χ0v) is 23.6. The fourth-order valence-electron chi connectivity index (χ4n) is 4.62. The largest absolute Gasteiger partial charge is 0.457 e. The summed E-state index contributed by atoms with van der Waals surface area (Å²) in [5.74, 6) is 3.12. The molecule has 0 N–H and O–H groups in total. The zero-order valence-electron chi connectivity index (χ0n) is 23.6. The van der Waals surface area contributed by atoms with Crippen molar-refractivity contribution in [2.75, 3.05) is 0 Å². The molecule has 194 valence electrons. The molecule has 0 bridgehead atoms. The maximum Gasteiger partial charge on any atom is 0.138 e. The van der Waals surface area contributed by atoms with Crippen molar-refractivity contribution in [1.29, 1.82) is 0 Å². The van der Waals surface area contributed by atoms with Gasteiger partial charge in [0, 0.05) is 34.3 Å². The summed E-state index contributed by atoms with van der Waals surface area (Å²) in [4.78, 5) is 9.76. The van der Waals surface area contributed by atoms with Gasteiger partial charge in [0.25, 0.3) is 0 Å². The maximum absolute atomic E-state index is 6.38. The highest BCUT2D eigenvalue weighted by Crippen LogP contribution is 2.38. The van der Waals surface area contributed by atoms with E-state index in [1.807, 2.05) is 50.2 Å². The van der Waals surface area contributed by atoms with E-state index in [-0.39, 0.29) is 10.8 Å². The van der Waals surface area contributed by atoms with Gasteiger partial charge in [0.05, 0.1) is 0 Å². The SMILES string of the molecule is Cc1cc(Oc2ccc(C(C)(C)C)cc2)c2ccc3c(Oc4ccc(C(C)(C)C)cc4)cc(C)nc3c2n1. The van der Waals surface area contributed by atoms with Gasteiger partial charge in [0.15, 0.2) is 0 Å². The number of fused-ring (bicyclic) bond motifs is 3. The van der Waals surface area contributed by atoms with Crippen molar-refractivity contribution in [3.8, 4) is 23.0 Å². The van der Waals surface area contributed by atoms with Crippen molar-refractivity contribution in [2.24, 2.45) is 0 Å². The van der Waals surface area contributed by atoms with E-state index in [1.165, 1.54) is 11.1 Å². The van der Waals surface area contributed by atoms with Gasteiger partial charge in [-0.15, -0.1) is 0 Å². The van der Waals surface area contributed by atoms with Crippen molar-refractivity contribution in [3.05, 3.63) is 95.3 Å². The minimum absolute atomic E-state index is 0.0926. The summed E-state index contributed by atoms with van der Waals surface area (Å²) in [6.45, 7) is 17.2. The van der Waals surface area contributed by atoms with Crippen LogP contribution in [-0.2, 0) is 10.8 Å². The highest BCUT2D eigenvalue weighted by atomic mass is 16.5. The molecule has 4 nitrogen and oxygen atoms in total. The molecule has 4 heteroatoms. The quantitative estimate of drug-likeness (QED) is 0.229. The Balaban J connectivity index is 1.55. The van der Waals surface area contributed by atoms with E-state index >= 15 is 0 Å². The van der Waals surface area contributed by atoms with Crippen LogP contribution in [0.2, 0.25) is 0 Å². The molecule has 0 aliphatic rings. The van der Waals surface area contributed by atoms with E-state index in [9.17, 15) is 0 Å². The van der Waals surface area contributed by atoms with Crippen LogP contribution in [0.1, 0.15) is 64.1 Å². The first kappa shape index (κ1) is 25.7. The predicted octanol–water partition coefficient (Wildman–Crippen LogP) is 9.58. The van der Waals surface area contributed by atoms with Gasteiger partial charge in [-0.3, -0.25) is 9.97 Å². The Kier molecular flexibility index (Phi) is 6.38. The third-order valence-electron chi connectivity index (χ3n) is 6.83. The molecule has 0 saturated carbocycles. The monoisotopic (exact) mass is 504 g/mol. The predicted molar refractivity (Wildman–Crippen MR) is 157 cm³/mol. The molecule has 0 amide bonds. The molecule has 0 fully saturated rings. The van der Waals surface area contributed by atoms with Crippen molar-refractivity contribution in [3.63, 3.8) is 0 Å². The number of rotatable bonds is 4. The standard InChI is InChI=1S/C34H36N2O2/c1-21-19-29(37-25-13-9-23(10-14-25)33(3,4)5)27-17-18-28-30(20-22(2)36-32(28)31(27)35-21)38-26-15-11-24(12-16-26)34(6,7)8/h9-20H,1-8H3. The molecule has 3 aromatic carbocycles. The number of benzene rings is 3. The van der Waals surface area contributed by atoms with E-state index in [1.54, 1.807) is 0 Å². The summed E-state index contributed by atoms with van der Waals surface area (Å²) in [5, 5.41) is 1.84. The lowest BCUT2D eigenvalue weighted by molar-refractivity contribution is 0.485. The molecule has 0 aliphatic carbocycles. The summed E-state index contributed by atoms with van der Waals surface area (Å²) in [6.07, 6.45) is 0.